The summed E-state index contributed by atoms with van der Waals surface area (Å²) in [7, 11) is 4.23. The number of likely N-dealkylation sites (N-methyl/N-ethyl adjacent to an activating group) is 2. The highest BCUT2D eigenvalue weighted by atomic mass is 16.1. The van der Waals surface area contributed by atoms with Gasteiger partial charge in [-0.25, -0.2) is 0 Å². The van der Waals surface area contributed by atoms with Gasteiger partial charge in [-0.3, -0.25) is 14.8 Å². The Morgan fingerprint density at radius 3 is 3.14 bits per heavy atom. The predicted molar refractivity (Wildman–Crippen MR) is 82.3 cm³/mol. The SMILES string of the molecule is CN1CCN(C)C(CNC(=O)c2ccc3cn[nH]c3c2)C1. The van der Waals surface area contributed by atoms with Gasteiger partial charge in [0.25, 0.3) is 5.91 Å². The van der Waals surface area contributed by atoms with E-state index < -0.39 is 0 Å². The minimum Gasteiger partial charge on any atom is -0.350 e. The fraction of sp³-hybridized carbons (Fsp3) is 0.467. The van der Waals surface area contributed by atoms with Crippen LogP contribution < -0.4 is 5.32 Å². The first-order chi connectivity index (χ1) is 10.1. The quantitative estimate of drug-likeness (QED) is 0.865. The number of nitrogens with one attached hydrogen (secondary N) is 2. The molecule has 0 spiro atoms. The Morgan fingerprint density at radius 1 is 1.43 bits per heavy atom. The minimum absolute atomic E-state index is 0.0341. The molecule has 1 aromatic heterocycles. The molecule has 1 saturated heterocycles. The average molecular weight is 287 g/mol. The Balaban J connectivity index is 1.63. The summed E-state index contributed by atoms with van der Waals surface area (Å²) in [5, 5.41) is 10.9. The Bertz CT molecular complexity index is 638. The number of nitrogens with zero attached hydrogens (tertiary/aromatic N) is 3. The van der Waals surface area contributed by atoms with Gasteiger partial charge < -0.3 is 10.2 Å². The van der Waals surface area contributed by atoms with Gasteiger partial charge in [0.2, 0.25) is 0 Å². The molecule has 2 aromatic rings. The topological polar surface area (TPSA) is 64.3 Å². The molecule has 6 nitrogen and oxygen atoms in total. The van der Waals surface area contributed by atoms with Crippen molar-refractivity contribution in [1.82, 2.24) is 25.3 Å². The normalized spacial score (nSPS) is 20.8. The lowest BCUT2D eigenvalue weighted by Crippen LogP contribution is -2.54. The van der Waals surface area contributed by atoms with Gasteiger partial charge in [-0.15, -0.1) is 0 Å². The Kier molecular flexibility index (Phi) is 3.90. The summed E-state index contributed by atoms with van der Waals surface area (Å²) in [5.74, 6) is -0.0341. The number of amides is 1. The predicted octanol–water partition coefficient (Wildman–Crippen LogP) is 0.539. The number of benzene rings is 1. The van der Waals surface area contributed by atoms with E-state index in [9.17, 15) is 4.79 Å². The first-order valence-corrected chi connectivity index (χ1v) is 7.23. The molecule has 2 heterocycles. The van der Waals surface area contributed by atoms with Crippen molar-refractivity contribution in [1.29, 1.82) is 0 Å². The molecule has 1 amide bonds. The average Bonchev–Trinajstić information content (AvgIpc) is 2.95. The zero-order valence-corrected chi connectivity index (χ0v) is 12.5. The van der Waals surface area contributed by atoms with E-state index in [0.29, 0.717) is 18.2 Å². The van der Waals surface area contributed by atoms with Crippen LogP contribution in [0.2, 0.25) is 0 Å². The van der Waals surface area contributed by atoms with Crippen LogP contribution in [0.25, 0.3) is 10.9 Å². The smallest absolute Gasteiger partial charge is 0.251 e. The number of fused-ring (bicyclic) bond motifs is 1. The monoisotopic (exact) mass is 287 g/mol. The van der Waals surface area contributed by atoms with Crippen molar-refractivity contribution in [2.75, 3.05) is 40.3 Å². The lowest BCUT2D eigenvalue weighted by atomic mass is 10.1. The zero-order chi connectivity index (χ0) is 14.8. The first-order valence-electron chi connectivity index (χ1n) is 7.23. The molecule has 0 saturated carbocycles. The summed E-state index contributed by atoms with van der Waals surface area (Å²) in [6, 6.07) is 5.95. The van der Waals surface area contributed by atoms with E-state index in [1.807, 2.05) is 18.2 Å². The highest BCUT2D eigenvalue weighted by molar-refractivity contribution is 5.97. The second-order valence-corrected chi connectivity index (χ2v) is 5.78. The van der Waals surface area contributed by atoms with Crippen LogP contribution in [0.5, 0.6) is 0 Å². The van der Waals surface area contributed by atoms with E-state index in [4.69, 9.17) is 0 Å². The van der Waals surface area contributed by atoms with Crippen molar-refractivity contribution in [2.45, 2.75) is 6.04 Å². The van der Waals surface area contributed by atoms with Gasteiger partial charge in [-0.05, 0) is 26.2 Å². The zero-order valence-electron chi connectivity index (χ0n) is 12.5. The van der Waals surface area contributed by atoms with Crippen molar-refractivity contribution >= 4 is 16.8 Å². The molecule has 1 aliphatic rings. The molecule has 1 fully saturated rings. The molecule has 1 aromatic carbocycles. The van der Waals surface area contributed by atoms with E-state index in [-0.39, 0.29) is 5.91 Å². The molecule has 2 N–H and O–H groups in total. The highest BCUT2D eigenvalue weighted by Gasteiger charge is 2.22. The number of piperazine rings is 1. The molecular weight excluding hydrogens is 266 g/mol. The van der Waals surface area contributed by atoms with E-state index in [0.717, 1.165) is 30.5 Å². The third-order valence-electron chi connectivity index (χ3n) is 4.18. The maximum atomic E-state index is 12.3. The summed E-state index contributed by atoms with van der Waals surface area (Å²) < 4.78 is 0. The molecule has 3 rings (SSSR count). The number of aromatic amines is 1. The van der Waals surface area contributed by atoms with E-state index in [1.165, 1.54) is 0 Å². The molecule has 0 radical (unpaired) electrons. The van der Waals surface area contributed by atoms with Crippen LogP contribution in [0, 0.1) is 0 Å². The second-order valence-electron chi connectivity index (χ2n) is 5.78. The fourth-order valence-corrected chi connectivity index (χ4v) is 2.71. The summed E-state index contributed by atoms with van der Waals surface area (Å²) >= 11 is 0. The molecule has 0 bridgehead atoms. The number of carbonyl (C=O) groups is 1. The maximum Gasteiger partial charge on any atom is 0.251 e. The van der Waals surface area contributed by atoms with Crippen LogP contribution in [0.3, 0.4) is 0 Å². The summed E-state index contributed by atoms with van der Waals surface area (Å²) in [6.07, 6.45) is 1.75. The number of carbonyl (C=O) groups excluding carboxylic acids is 1. The molecule has 112 valence electrons. The van der Waals surface area contributed by atoms with Gasteiger partial charge in [0.15, 0.2) is 0 Å². The van der Waals surface area contributed by atoms with Crippen LogP contribution in [-0.4, -0.2) is 72.2 Å². The van der Waals surface area contributed by atoms with Crippen molar-refractivity contribution in [3.8, 4) is 0 Å². The maximum absolute atomic E-state index is 12.3. The Hall–Kier alpha value is -1.92. The van der Waals surface area contributed by atoms with Gasteiger partial charge in [0.05, 0.1) is 11.7 Å². The summed E-state index contributed by atoms with van der Waals surface area (Å²) in [5.41, 5.74) is 1.55. The number of aromatic nitrogens is 2. The van der Waals surface area contributed by atoms with Crippen LogP contribution in [-0.2, 0) is 0 Å². The van der Waals surface area contributed by atoms with Crippen molar-refractivity contribution in [2.24, 2.45) is 0 Å². The molecule has 1 aliphatic heterocycles. The van der Waals surface area contributed by atoms with E-state index >= 15 is 0 Å². The molecule has 1 atom stereocenters. The Labute approximate surface area is 124 Å². The van der Waals surface area contributed by atoms with Crippen molar-refractivity contribution in [3.05, 3.63) is 30.0 Å². The lowest BCUT2D eigenvalue weighted by Gasteiger charge is -2.37. The largest absolute Gasteiger partial charge is 0.350 e. The Morgan fingerprint density at radius 2 is 2.29 bits per heavy atom. The van der Waals surface area contributed by atoms with Gasteiger partial charge in [0, 0.05) is 43.2 Å². The molecule has 21 heavy (non-hydrogen) atoms. The molecule has 1 unspecified atom stereocenters. The van der Waals surface area contributed by atoms with Gasteiger partial charge in [-0.1, -0.05) is 6.07 Å². The number of hydrogen-bond donors (Lipinski definition) is 2. The van der Waals surface area contributed by atoms with Gasteiger partial charge in [0.1, 0.15) is 0 Å². The first kappa shape index (κ1) is 14.0. The van der Waals surface area contributed by atoms with Gasteiger partial charge >= 0.3 is 0 Å². The van der Waals surface area contributed by atoms with Crippen LogP contribution in [0.1, 0.15) is 10.4 Å². The molecular formula is C15H21N5O. The van der Waals surface area contributed by atoms with E-state index in [2.05, 4.69) is 39.4 Å². The molecule has 0 aliphatic carbocycles. The minimum atomic E-state index is -0.0341. The molecule has 6 heteroatoms. The number of hydrogen-bond acceptors (Lipinski definition) is 4. The standard InChI is InChI=1S/C15H21N5O/c1-19-5-6-20(2)13(10-19)9-16-15(21)11-3-4-12-8-17-18-14(12)7-11/h3-4,7-8,13H,5-6,9-10H2,1-2H3,(H,16,21)(H,17,18). The number of rotatable bonds is 3. The van der Waals surface area contributed by atoms with Crippen molar-refractivity contribution < 1.29 is 4.79 Å². The fourth-order valence-electron chi connectivity index (χ4n) is 2.71. The van der Waals surface area contributed by atoms with E-state index in [1.54, 1.807) is 6.20 Å². The van der Waals surface area contributed by atoms with Crippen molar-refractivity contribution in [3.63, 3.8) is 0 Å². The third-order valence-corrected chi connectivity index (χ3v) is 4.18. The van der Waals surface area contributed by atoms with Crippen LogP contribution in [0.15, 0.2) is 24.4 Å². The number of H-pyrrole nitrogens is 1. The van der Waals surface area contributed by atoms with Crippen LogP contribution >= 0.6 is 0 Å². The lowest BCUT2D eigenvalue weighted by molar-refractivity contribution is 0.0881. The summed E-state index contributed by atoms with van der Waals surface area (Å²) in [4.78, 5) is 16.9. The summed E-state index contributed by atoms with van der Waals surface area (Å²) in [6.45, 7) is 3.77. The third kappa shape index (κ3) is 3.06. The second kappa shape index (κ2) is 5.83. The highest BCUT2D eigenvalue weighted by Crippen LogP contribution is 2.13. The van der Waals surface area contributed by atoms with Crippen LogP contribution in [0.4, 0.5) is 0 Å². The van der Waals surface area contributed by atoms with Gasteiger partial charge in [-0.2, -0.15) is 5.10 Å².